The molecule has 0 bridgehead atoms. The third-order valence-corrected chi connectivity index (χ3v) is 5.75. The lowest BCUT2D eigenvalue weighted by molar-refractivity contribution is -0.137. The quantitative estimate of drug-likeness (QED) is 0.785. The van der Waals surface area contributed by atoms with Crippen molar-refractivity contribution in [1.82, 2.24) is 4.90 Å². The summed E-state index contributed by atoms with van der Waals surface area (Å²) in [6.45, 7) is 7.32. The number of likely N-dealkylation sites (N-methyl/N-ethyl adjacent to an activating group) is 1. The molecule has 8 heteroatoms. The lowest BCUT2D eigenvalue weighted by atomic mass is 9.87. The number of hydrogen-bond donors (Lipinski definition) is 1. The summed E-state index contributed by atoms with van der Waals surface area (Å²) in [4.78, 5) is 16.0. The molecule has 1 fully saturated rings. The Bertz CT molecular complexity index is 1070. The number of nitrogens with zero attached hydrogens (tertiary/aromatic N) is 3. The van der Waals surface area contributed by atoms with Crippen molar-refractivity contribution in [2.75, 3.05) is 18.6 Å². The van der Waals surface area contributed by atoms with Gasteiger partial charge in [-0.3, -0.25) is 9.69 Å². The van der Waals surface area contributed by atoms with Crippen molar-refractivity contribution in [2.24, 2.45) is 0 Å². The third kappa shape index (κ3) is 3.45. The summed E-state index contributed by atoms with van der Waals surface area (Å²) < 4.78 is 40.3. The van der Waals surface area contributed by atoms with Gasteiger partial charge in [-0.15, -0.1) is 0 Å². The fraction of sp³-hybridized carbons (Fsp3) is 0.304. The van der Waals surface area contributed by atoms with E-state index in [1.165, 1.54) is 17.0 Å². The van der Waals surface area contributed by atoms with Gasteiger partial charge in [0, 0.05) is 7.05 Å². The summed E-state index contributed by atoms with van der Waals surface area (Å²) >= 11 is 0. The van der Waals surface area contributed by atoms with Crippen LogP contribution in [0.15, 0.2) is 54.9 Å². The molecule has 1 aliphatic rings. The Balaban J connectivity index is 2.13. The number of aliphatic hydroxyl groups is 1. The first-order valence-electron chi connectivity index (χ1n) is 9.59. The van der Waals surface area contributed by atoms with Crippen LogP contribution in [0.2, 0.25) is 0 Å². The van der Waals surface area contributed by atoms with Crippen molar-refractivity contribution in [3.8, 4) is 6.07 Å². The Labute approximate surface area is 178 Å². The Hall–Kier alpha value is -3.31. The van der Waals surface area contributed by atoms with Gasteiger partial charge in [-0.25, -0.2) is 0 Å². The van der Waals surface area contributed by atoms with Gasteiger partial charge in [0.25, 0.3) is 5.91 Å². The topological polar surface area (TPSA) is 67.6 Å². The number of aliphatic hydroxyl groups excluding tert-OH is 1. The van der Waals surface area contributed by atoms with Crippen LogP contribution in [0.1, 0.15) is 42.0 Å². The molecule has 1 amide bonds. The lowest BCUT2D eigenvalue weighted by Crippen LogP contribution is -2.47. The minimum absolute atomic E-state index is 0.0812. The van der Waals surface area contributed by atoms with Gasteiger partial charge in [-0.05, 0) is 35.2 Å². The molecule has 2 aromatic carbocycles. The van der Waals surface area contributed by atoms with Crippen molar-refractivity contribution >= 4 is 11.6 Å². The van der Waals surface area contributed by atoms with Crippen molar-refractivity contribution < 1.29 is 23.1 Å². The third-order valence-electron chi connectivity index (χ3n) is 5.75. The second kappa shape index (κ2) is 7.75. The van der Waals surface area contributed by atoms with Gasteiger partial charge >= 0.3 is 6.18 Å². The van der Waals surface area contributed by atoms with Crippen molar-refractivity contribution in [3.63, 3.8) is 0 Å². The zero-order chi connectivity index (χ0) is 23.1. The molecule has 2 aromatic rings. The standard InChI is InChI=1S/C23H22F3N3O2/c1-14(2)16-5-8-18(9-6-16)22(13-30)21(31)29(15(3)28(22)4)19-10-7-17(12-27)20(11-19)23(24,25)26/h5-11,14,30H,3,13H2,1-2,4H3. The monoisotopic (exact) mass is 429 g/mol. The number of carbonyl (C=O) groups excluding carboxylic acids is 1. The van der Waals surface area contributed by atoms with E-state index >= 15 is 0 Å². The highest BCUT2D eigenvalue weighted by Gasteiger charge is 2.54. The van der Waals surface area contributed by atoms with Crippen LogP contribution >= 0.6 is 0 Å². The number of amides is 1. The largest absolute Gasteiger partial charge is 0.417 e. The first-order valence-corrected chi connectivity index (χ1v) is 9.59. The summed E-state index contributed by atoms with van der Waals surface area (Å²) in [5, 5.41) is 19.3. The van der Waals surface area contributed by atoms with Gasteiger partial charge < -0.3 is 10.0 Å². The van der Waals surface area contributed by atoms with Crippen LogP contribution in [0, 0.1) is 11.3 Å². The molecule has 162 valence electrons. The van der Waals surface area contributed by atoms with Crippen LogP contribution in [0.25, 0.3) is 0 Å². The van der Waals surface area contributed by atoms with Gasteiger partial charge in [0.15, 0.2) is 5.54 Å². The molecular formula is C23H22F3N3O2. The highest BCUT2D eigenvalue weighted by Crippen LogP contribution is 2.43. The molecule has 3 rings (SSSR count). The Morgan fingerprint density at radius 2 is 1.81 bits per heavy atom. The van der Waals surface area contributed by atoms with E-state index in [1.807, 2.05) is 26.0 Å². The lowest BCUT2D eigenvalue weighted by Gasteiger charge is -2.32. The first kappa shape index (κ1) is 22.4. The minimum Gasteiger partial charge on any atom is -0.393 e. The van der Waals surface area contributed by atoms with Gasteiger partial charge in [0.05, 0.1) is 29.5 Å². The molecular weight excluding hydrogens is 407 g/mol. The van der Waals surface area contributed by atoms with Crippen molar-refractivity contribution in [1.29, 1.82) is 5.26 Å². The molecule has 1 saturated heterocycles. The van der Waals surface area contributed by atoms with Crippen LogP contribution in [0.5, 0.6) is 0 Å². The Morgan fingerprint density at radius 3 is 2.29 bits per heavy atom. The van der Waals surface area contributed by atoms with E-state index in [-0.39, 0.29) is 17.4 Å². The van der Waals surface area contributed by atoms with E-state index in [0.717, 1.165) is 22.6 Å². The molecule has 1 aliphatic heterocycles. The van der Waals surface area contributed by atoms with Crippen molar-refractivity contribution in [3.05, 3.63) is 77.1 Å². The predicted octanol–water partition coefficient (Wildman–Crippen LogP) is 4.34. The molecule has 1 heterocycles. The van der Waals surface area contributed by atoms with Crippen LogP contribution in [-0.2, 0) is 16.5 Å². The van der Waals surface area contributed by atoms with E-state index in [9.17, 15) is 23.1 Å². The molecule has 1 unspecified atom stereocenters. The molecule has 0 radical (unpaired) electrons. The second-order valence-electron chi connectivity index (χ2n) is 7.75. The van der Waals surface area contributed by atoms with Gasteiger partial charge in [-0.2, -0.15) is 18.4 Å². The van der Waals surface area contributed by atoms with E-state index in [2.05, 4.69) is 6.58 Å². The summed E-state index contributed by atoms with van der Waals surface area (Å²) in [6, 6.07) is 11.7. The van der Waals surface area contributed by atoms with E-state index in [0.29, 0.717) is 5.56 Å². The van der Waals surface area contributed by atoms with Gasteiger partial charge in [0.1, 0.15) is 5.82 Å². The van der Waals surface area contributed by atoms with Crippen LogP contribution in [0.4, 0.5) is 18.9 Å². The summed E-state index contributed by atoms with van der Waals surface area (Å²) in [5.41, 5.74) is -1.75. The highest BCUT2D eigenvalue weighted by atomic mass is 19.4. The Kier molecular flexibility index (Phi) is 5.59. The number of alkyl halides is 3. The number of carbonyl (C=O) groups is 1. The van der Waals surface area contributed by atoms with Crippen LogP contribution in [0.3, 0.4) is 0 Å². The second-order valence-corrected chi connectivity index (χ2v) is 7.75. The van der Waals surface area contributed by atoms with E-state index < -0.39 is 35.4 Å². The first-order chi connectivity index (χ1) is 14.5. The maximum Gasteiger partial charge on any atom is 0.417 e. The maximum absolute atomic E-state index is 13.5. The number of nitriles is 1. The fourth-order valence-electron chi connectivity index (χ4n) is 3.81. The highest BCUT2D eigenvalue weighted by molar-refractivity contribution is 6.06. The molecule has 5 nitrogen and oxygen atoms in total. The zero-order valence-corrected chi connectivity index (χ0v) is 17.4. The maximum atomic E-state index is 13.5. The van der Waals surface area contributed by atoms with Crippen molar-refractivity contribution in [2.45, 2.75) is 31.5 Å². The average Bonchev–Trinajstić information content (AvgIpc) is 2.93. The molecule has 1 N–H and O–H groups in total. The SMILES string of the molecule is C=C1N(c2ccc(C#N)c(C(F)(F)F)c2)C(=O)C(CO)(c2ccc(C(C)C)cc2)N1C. The van der Waals surface area contributed by atoms with Gasteiger partial charge in [0.2, 0.25) is 0 Å². The molecule has 0 saturated carbocycles. The number of halogens is 3. The van der Waals surface area contributed by atoms with Gasteiger partial charge in [-0.1, -0.05) is 44.7 Å². The smallest absolute Gasteiger partial charge is 0.393 e. The molecule has 1 atom stereocenters. The summed E-state index contributed by atoms with van der Waals surface area (Å²) in [5.74, 6) is -0.246. The van der Waals surface area contributed by atoms with E-state index in [4.69, 9.17) is 5.26 Å². The normalized spacial score (nSPS) is 19.3. The van der Waals surface area contributed by atoms with Crippen LogP contribution in [-0.4, -0.2) is 29.6 Å². The number of hydrogen-bond acceptors (Lipinski definition) is 4. The number of anilines is 1. The molecule has 0 aliphatic carbocycles. The predicted molar refractivity (Wildman–Crippen MR) is 110 cm³/mol. The zero-order valence-electron chi connectivity index (χ0n) is 17.4. The molecule has 31 heavy (non-hydrogen) atoms. The molecule has 0 spiro atoms. The minimum atomic E-state index is -4.77. The molecule has 0 aromatic heterocycles. The Morgan fingerprint density at radius 1 is 1.19 bits per heavy atom. The summed E-state index contributed by atoms with van der Waals surface area (Å²) in [7, 11) is 1.56. The number of benzene rings is 2. The van der Waals surface area contributed by atoms with E-state index in [1.54, 1.807) is 19.2 Å². The summed E-state index contributed by atoms with van der Waals surface area (Å²) in [6.07, 6.45) is -4.77. The number of rotatable bonds is 4. The fourth-order valence-corrected chi connectivity index (χ4v) is 3.81. The average molecular weight is 429 g/mol. The van der Waals surface area contributed by atoms with Crippen LogP contribution < -0.4 is 4.90 Å².